The van der Waals surface area contributed by atoms with Gasteiger partial charge in [-0.1, -0.05) is 0 Å². The van der Waals surface area contributed by atoms with Crippen molar-refractivity contribution in [2.45, 2.75) is 0 Å². The van der Waals surface area contributed by atoms with Gasteiger partial charge in [0.15, 0.2) is 0 Å². The number of nitrogens with one attached hydrogen (secondary N) is 1. The van der Waals surface area contributed by atoms with Crippen LogP contribution < -0.4 is 5.48 Å². The van der Waals surface area contributed by atoms with E-state index < -0.39 is 0 Å². The zero-order valence-corrected chi connectivity index (χ0v) is 3.19. The summed E-state index contributed by atoms with van der Waals surface area (Å²) < 4.78 is 0. The fourth-order valence-corrected chi connectivity index (χ4v) is 0.0833. The van der Waals surface area contributed by atoms with Crippen LogP contribution in [0.1, 0.15) is 0 Å². The van der Waals surface area contributed by atoms with Gasteiger partial charge in [0, 0.05) is 13.6 Å². The molecule has 0 bridgehead atoms. The molecule has 0 aliphatic rings. The second-order valence-corrected chi connectivity index (χ2v) is 0.515. The van der Waals surface area contributed by atoms with Crippen LogP contribution in [-0.4, -0.2) is 21.4 Å². The first-order valence-corrected chi connectivity index (χ1v) is 1.40. The summed E-state index contributed by atoms with van der Waals surface area (Å²) in [6.07, 6.45) is 0. The Labute approximate surface area is 32.9 Å². The molecule has 0 fully saturated rings. The van der Waals surface area contributed by atoms with Gasteiger partial charge in [0.25, 0.3) is 0 Å². The number of hydrogen-bond acceptors (Lipinski definition) is 2. The lowest BCUT2D eigenvalue weighted by Crippen LogP contribution is -2.07. The summed E-state index contributed by atoms with van der Waals surface area (Å²) in [5.74, 6) is 0. The normalized spacial score (nSPS) is 8.20. The molecule has 2 nitrogen and oxygen atoms in total. The van der Waals surface area contributed by atoms with Crippen LogP contribution in [0.5, 0.6) is 0 Å². The molecule has 0 atom stereocenters. The van der Waals surface area contributed by atoms with E-state index in [4.69, 9.17) is 7.85 Å². The molecule has 0 aliphatic carbocycles. The van der Waals surface area contributed by atoms with Gasteiger partial charge in [0.05, 0.1) is 0 Å². The molecule has 0 saturated heterocycles. The Hall–Kier alpha value is -0.0151. The highest BCUT2D eigenvalue weighted by Crippen LogP contribution is 1.46. The third-order valence-corrected chi connectivity index (χ3v) is 0.228. The molecule has 0 aromatic heterocycles. The predicted octanol–water partition coefficient (Wildman–Crippen LogP) is -0.737. The minimum absolute atomic E-state index is 0.233. The molecule has 0 aromatic carbocycles. The van der Waals surface area contributed by atoms with Crippen molar-refractivity contribution < 1.29 is 4.84 Å². The lowest BCUT2D eigenvalue weighted by atomic mass is 10.2. The number of hydrogen-bond donors (Lipinski definition) is 1. The van der Waals surface area contributed by atoms with Crippen molar-refractivity contribution in [2.24, 2.45) is 0 Å². The van der Waals surface area contributed by atoms with Crippen LogP contribution in [-0.2, 0) is 4.84 Å². The quantitative estimate of drug-likeness (QED) is 0.342. The van der Waals surface area contributed by atoms with Crippen LogP contribution in [0.15, 0.2) is 0 Å². The molecule has 0 aromatic rings. The van der Waals surface area contributed by atoms with E-state index in [1.807, 2.05) is 0 Å². The monoisotopic (exact) mass is 71.1 g/mol. The third-order valence-electron chi connectivity index (χ3n) is 0.228. The fraction of sp³-hybridized carbons (Fsp3) is 1.00. The largest absolute Gasteiger partial charge is 0.312 e. The Morgan fingerprint density at radius 1 is 2.00 bits per heavy atom. The van der Waals surface area contributed by atoms with Crippen LogP contribution in [0.2, 0.25) is 0 Å². The number of hydroxylamine groups is 1. The summed E-state index contributed by atoms with van der Waals surface area (Å²) in [6, 6.07) is 0. The summed E-state index contributed by atoms with van der Waals surface area (Å²) >= 11 is 0. The summed E-state index contributed by atoms with van der Waals surface area (Å²) in [5, 5.41) is 0. The van der Waals surface area contributed by atoms with Crippen molar-refractivity contribution >= 4 is 7.85 Å². The van der Waals surface area contributed by atoms with Crippen molar-refractivity contribution in [3.05, 3.63) is 0 Å². The molecule has 28 valence electrons. The van der Waals surface area contributed by atoms with Gasteiger partial charge in [-0.3, -0.25) is 0 Å². The lowest BCUT2D eigenvalue weighted by Gasteiger charge is -1.89. The highest BCUT2D eigenvalue weighted by atomic mass is 16.6. The van der Waals surface area contributed by atoms with Gasteiger partial charge in [0.1, 0.15) is 7.85 Å². The second kappa shape index (κ2) is 3.98. The molecule has 0 heterocycles. The minimum atomic E-state index is 0.233. The van der Waals surface area contributed by atoms with Gasteiger partial charge in [-0.2, -0.15) is 0 Å². The molecular formula is C2H6BNO. The first-order valence-electron chi connectivity index (χ1n) is 1.40. The van der Waals surface area contributed by atoms with Crippen LogP contribution in [0.25, 0.3) is 0 Å². The standard InChI is InChI=1S/C2H6BNO/c1-4-5-2-3/h4H,2H2,1H3. The van der Waals surface area contributed by atoms with Gasteiger partial charge in [-0.25, -0.2) is 5.48 Å². The maximum Gasteiger partial charge on any atom is 0.107 e. The predicted molar refractivity (Wildman–Crippen MR) is 20.8 cm³/mol. The average Bonchev–Trinajstić information content (AvgIpc) is 1.41. The molecule has 0 saturated carbocycles. The van der Waals surface area contributed by atoms with Crippen molar-refractivity contribution in [1.29, 1.82) is 0 Å². The van der Waals surface area contributed by atoms with Gasteiger partial charge in [-0.05, 0) is 0 Å². The second-order valence-electron chi connectivity index (χ2n) is 0.515. The van der Waals surface area contributed by atoms with Gasteiger partial charge in [0.2, 0.25) is 0 Å². The van der Waals surface area contributed by atoms with E-state index in [-0.39, 0.29) is 6.51 Å². The smallest absolute Gasteiger partial charge is 0.107 e. The van der Waals surface area contributed by atoms with Crippen molar-refractivity contribution in [3.8, 4) is 0 Å². The SMILES string of the molecule is [B]CONC. The van der Waals surface area contributed by atoms with Crippen LogP contribution in [0.4, 0.5) is 0 Å². The first-order chi connectivity index (χ1) is 2.41. The third kappa shape index (κ3) is 3.98. The molecule has 1 N–H and O–H groups in total. The topological polar surface area (TPSA) is 21.3 Å². The maximum absolute atomic E-state index is 4.85. The van der Waals surface area contributed by atoms with E-state index in [0.29, 0.717) is 0 Å². The summed E-state index contributed by atoms with van der Waals surface area (Å²) in [6.45, 7) is 0.233. The Kier molecular flexibility index (Phi) is 3.97. The first kappa shape index (κ1) is 4.98. The van der Waals surface area contributed by atoms with E-state index in [1.54, 1.807) is 7.05 Å². The molecule has 5 heavy (non-hydrogen) atoms. The highest BCUT2D eigenvalue weighted by molar-refractivity contribution is 6.08. The Morgan fingerprint density at radius 2 is 2.60 bits per heavy atom. The van der Waals surface area contributed by atoms with Gasteiger partial charge >= 0.3 is 0 Å². The van der Waals surface area contributed by atoms with E-state index in [0.717, 1.165) is 0 Å². The molecule has 0 spiro atoms. The lowest BCUT2D eigenvalue weighted by molar-refractivity contribution is 0.0951. The Bertz CT molecular complexity index is 17.1. The molecule has 0 aliphatic heterocycles. The fourth-order valence-electron chi connectivity index (χ4n) is 0.0833. The molecule has 0 rings (SSSR count). The van der Waals surface area contributed by atoms with Crippen molar-refractivity contribution in [3.63, 3.8) is 0 Å². The van der Waals surface area contributed by atoms with E-state index in [9.17, 15) is 0 Å². The summed E-state index contributed by atoms with van der Waals surface area (Å²) in [4.78, 5) is 4.36. The molecule has 3 heteroatoms. The average molecular weight is 70.9 g/mol. The number of rotatable bonds is 2. The molecule has 0 unspecified atom stereocenters. The van der Waals surface area contributed by atoms with Crippen molar-refractivity contribution in [2.75, 3.05) is 13.6 Å². The molecule has 0 amide bonds. The van der Waals surface area contributed by atoms with Crippen LogP contribution in [0, 0.1) is 0 Å². The summed E-state index contributed by atoms with van der Waals surface area (Å²) in [5.41, 5.74) is 2.39. The van der Waals surface area contributed by atoms with Gasteiger partial charge < -0.3 is 4.84 Å². The van der Waals surface area contributed by atoms with Gasteiger partial charge in [-0.15, -0.1) is 0 Å². The van der Waals surface area contributed by atoms with E-state index >= 15 is 0 Å². The zero-order chi connectivity index (χ0) is 4.12. The molecular weight excluding hydrogens is 64.8 g/mol. The minimum Gasteiger partial charge on any atom is -0.312 e. The Balaban J connectivity index is 2.19. The zero-order valence-electron chi connectivity index (χ0n) is 3.19. The van der Waals surface area contributed by atoms with E-state index in [1.165, 1.54) is 0 Å². The summed E-state index contributed by atoms with van der Waals surface area (Å²) in [7, 11) is 6.51. The molecule has 2 radical (unpaired) electrons. The van der Waals surface area contributed by atoms with Crippen molar-refractivity contribution in [1.82, 2.24) is 5.48 Å². The van der Waals surface area contributed by atoms with E-state index in [2.05, 4.69) is 10.3 Å². The maximum atomic E-state index is 4.85. The Morgan fingerprint density at radius 3 is 2.60 bits per heavy atom. The van der Waals surface area contributed by atoms with Crippen LogP contribution in [0.3, 0.4) is 0 Å². The highest BCUT2D eigenvalue weighted by Gasteiger charge is 1.61. The van der Waals surface area contributed by atoms with Crippen LogP contribution >= 0.6 is 0 Å².